The molecule has 4 nitrogen and oxygen atoms in total. The van der Waals surface area contributed by atoms with Crippen molar-refractivity contribution in [3.8, 4) is 0 Å². The van der Waals surface area contributed by atoms with E-state index < -0.39 is 0 Å². The van der Waals surface area contributed by atoms with Crippen LogP contribution in [-0.2, 0) is 0 Å². The van der Waals surface area contributed by atoms with Gasteiger partial charge in [0.1, 0.15) is 0 Å². The SMILES string of the molecule is C=N/C=C\C(=C)/C(CC)=C1/C(=NC)C=CC(c2cncc(SN)c2)=C1C. The average molecular weight is 365 g/mol. The number of hydrogen-bond donors (Lipinski definition) is 1. The van der Waals surface area contributed by atoms with E-state index in [0.29, 0.717) is 0 Å². The lowest BCUT2D eigenvalue weighted by atomic mass is 9.83. The molecule has 1 aliphatic rings. The molecule has 5 heteroatoms. The van der Waals surface area contributed by atoms with E-state index in [0.717, 1.165) is 50.5 Å². The van der Waals surface area contributed by atoms with E-state index in [9.17, 15) is 0 Å². The number of aromatic nitrogens is 1. The molecule has 0 saturated heterocycles. The topological polar surface area (TPSA) is 63.6 Å². The maximum atomic E-state index is 5.69. The summed E-state index contributed by atoms with van der Waals surface area (Å²) in [6, 6.07) is 2.05. The summed E-state index contributed by atoms with van der Waals surface area (Å²) in [6.45, 7) is 11.9. The molecule has 0 fully saturated rings. The molecule has 0 amide bonds. The van der Waals surface area contributed by atoms with Crippen molar-refractivity contribution in [1.82, 2.24) is 4.98 Å². The fraction of sp³-hybridized carbons (Fsp3) is 0.190. The van der Waals surface area contributed by atoms with Gasteiger partial charge < -0.3 is 0 Å². The predicted molar refractivity (Wildman–Crippen MR) is 115 cm³/mol. The zero-order chi connectivity index (χ0) is 19.1. The van der Waals surface area contributed by atoms with Gasteiger partial charge in [-0.05, 0) is 72.5 Å². The highest BCUT2D eigenvalue weighted by Crippen LogP contribution is 2.35. The lowest BCUT2D eigenvalue weighted by molar-refractivity contribution is 1.10. The minimum atomic E-state index is 0.837. The van der Waals surface area contributed by atoms with Crippen molar-refractivity contribution in [2.75, 3.05) is 7.05 Å². The molecule has 0 saturated carbocycles. The summed E-state index contributed by atoms with van der Waals surface area (Å²) in [7, 11) is 1.81. The summed E-state index contributed by atoms with van der Waals surface area (Å²) < 4.78 is 0. The fourth-order valence-corrected chi connectivity index (χ4v) is 3.33. The molecule has 2 N–H and O–H groups in total. The van der Waals surface area contributed by atoms with E-state index in [1.165, 1.54) is 11.9 Å². The average Bonchev–Trinajstić information content (AvgIpc) is 2.67. The van der Waals surface area contributed by atoms with E-state index in [1.54, 1.807) is 12.4 Å². The monoisotopic (exact) mass is 364 g/mol. The van der Waals surface area contributed by atoms with Gasteiger partial charge in [0.05, 0.1) is 5.71 Å². The normalized spacial score (nSPS) is 17.9. The standard InChI is InChI=1S/C21H24N4S/c1-6-18(14(2)9-10-23-4)21-15(3)19(7-8-20(21)24-5)16-11-17(26-22)13-25-12-16/h7-13H,2,4,6,22H2,1,3,5H3/b10-9-,21-18+,24-20?. The Morgan fingerprint density at radius 2 is 2.12 bits per heavy atom. The van der Waals surface area contributed by atoms with E-state index in [-0.39, 0.29) is 0 Å². The molecule has 0 radical (unpaired) electrons. The first-order valence-corrected chi connectivity index (χ1v) is 9.18. The molecule has 0 aromatic carbocycles. The molecule has 0 atom stereocenters. The van der Waals surface area contributed by atoms with Gasteiger partial charge in [-0.2, -0.15) is 0 Å². The Bertz CT molecular complexity index is 870. The first kappa shape index (κ1) is 19.8. The summed E-state index contributed by atoms with van der Waals surface area (Å²) >= 11 is 1.19. The maximum absolute atomic E-state index is 5.69. The summed E-state index contributed by atoms with van der Waals surface area (Å²) in [5, 5.41) is 5.69. The largest absolute Gasteiger partial charge is 0.288 e. The Hall–Kier alpha value is -2.50. The zero-order valence-corrected chi connectivity index (χ0v) is 16.3. The molecule has 0 bridgehead atoms. The Balaban J connectivity index is 2.68. The third kappa shape index (κ3) is 4.18. The van der Waals surface area contributed by atoms with Crippen molar-refractivity contribution in [2.24, 2.45) is 15.1 Å². The van der Waals surface area contributed by atoms with Gasteiger partial charge >= 0.3 is 0 Å². The maximum Gasteiger partial charge on any atom is 0.0649 e. The van der Waals surface area contributed by atoms with Crippen molar-refractivity contribution in [1.29, 1.82) is 0 Å². The molecule has 134 valence electrons. The minimum Gasteiger partial charge on any atom is -0.288 e. The lowest BCUT2D eigenvalue weighted by Gasteiger charge is -2.22. The molecule has 1 heterocycles. The molecular formula is C21H24N4S. The van der Waals surface area contributed by atoms with Crippen LogP contribution in [0.1, 0.15) is 25.8 Å². The van der Waals surface area contributed by atoms with Crippen molar-refractivity contribution in [3.63, 3.8) is 0 Å². The van der Waals surface area contributed by atoms with Crippen LogP contribution in [0.25, 0.3) is 5.57 Å². The highest BCUT2D eigenvalue weighted by molar-refractivity contribution is 7.97. The van der Waals surface area contributed by atoms with Gasteiger partial charge in [-0.3, -0.25) is 20.1 Å². The molecule has 0 spiro atoms. The van der Waals surface area contributed by atoms with Gasteiger partial charge in [0.15, 0.2) is 0 Å². The number of allylic oxidation sites excluding steroid dienone is 8. The number of hydrogen-bond acceptors (Lipinski definition) is 5. The molecule has 1 aliphatic carbocycles. The van der Waals surface area contributed by atoms with Crippen molar-refractivity contribution in [3.05, 3.63) is 77.3 Å². The minimum absolute atomic E-state index is 0.837. The van der Waals surface area contributed by atoms with Crippen LogP contribution in [0, 0.1) is 0 Å². The third-order valence-electron chi connectivity index (χ3n) is 4.27. The molecule has 0 unspecified atom stereocenters. The van der Waals surface area contributed by atoms with Crippen LogP contribution in [0.2, 0.25) is 0 Å². The predicted octanol–water partition coefficient (Wildman–Crippen LogP) is 4.94. The summed E-state index contributed by atoms with van der Waals surface area (Å²) in [5.74, 6) is 0. The number of nitrogens with two attached hydrogens (primary N) is 1. The number of aliphatic imine (C=N–C) groups is 2. The Labute approximate surface area is 159 Å². The van der Waals surface area contributed by atoms with Gasteiger partial charge in [-0.15, -0.1) is 0 Å². The second-order valence-electron chi connectivity index (χ2n) is 5.74. The Morgan fingerprint density at radius 3 is 2.73 bits per heavy atom. The highest BCUT2D eigenvalue weighted by atomic mass is 32.2. The molecule has 1 aromatic heterocycles. The van der Waals surface area contributed by atoms with Gasteiger partial charge in [0, 0.05) is 41.7 Å². The van der Waals surface area contributed by atoms with Gasteiger partial charge in [-0.25, -0.2) is 0 Å². The van der Waals surface area contributed by atoms with Crippen LogP contribution in [0.3, 0.4) is 0 Å². The summed E-state index contributed by atoms with van der Waals surface area (Å²) in [4.78, 5) is 13.5. The Morgan fingerprint density at radius 1 is 1.35 bits per heavy atom. The summed E-state index contributed by atoms with van der Waals surface area (Å²) in [5.41, 5.74) is 7.40. The van der Waals surface area contributed by atoms with Crippen LogP contribution in [0.15, 0.2) is 86.6 Å². The van der Waals surface area contributed by atoms with Gasteiger partial charge in [0.25, 0.3) is 0 Å². The van der Waals surface area contributed by atoms with Crippen LogP contribution in [-0.4, -0.2) is 24.5 Å². The lowest BCUT2D eigenvalue weighted by Crippen LogP contribution is -2.11. The molecule has 2 rings (SSSR count). The highest BCUT2D eigenvalue weighted by Gasteiger charge is 2.20. The molecular weight excluding hydrogens is 340 g/mol. The quantitative estimate of drug-likeness (QED) is 0.442. The van der Waals surface area contributed by atoms with Crippen LogP contribution >= 0.6 is 11.9 Å². The second kappa shape index (κ2) is 9.27. The van der Waals surface area contributed by atoms with Gasteiger partial charge in [0.2, 0.25) is 0 Å². The van der Waals surface area contributed by atoms with E-state index in [2.05, 4.69) is 54.3 Å². The first-order valence-electron chi connectivity index (χ1n) is 8.30. The van der Waals surface area contributed by atoms with E-state index in [4.69, 9.17) is 5.14 Å². The number of pyridine rings is 1. The van der Waals surface area contributed by atoms with E-state index >= 15 is 0 Å². The second-order valence-corrected chi connectivity index (χ2v) is 6.45. The van der Waals surface area contributed by atoms with E-state index in [1.807, 2.05) is 25.4 Å². The number of rotatable bonds is 6. The molecule has 1 aromatic rings. The fourth-order valence-electron chi connectivity index (χ4n) is 3.02. The Kier molecular flexibility index (Phi) is 7.06. The molecule has 0 aliphatic heterocycles. The number of nitrogens with zero attached hydrogens (tertiary/aromatic N) is 3. The van der Waals surface area contributed by atoms with Crippen molar-refractivity contribution in [2.45, 2.75) is 25.2 Å². The smallest absolute Gasteiger partial charge is 0.0649 e. The molecule has 26 heavy (non-hydrogen) atoms. The summed E-state index contributed by atoms with van der Waals surface area (Å²) in [6.07, 6.45) is 12.1. The van der Waals surface area contributed by atoms with Crippen LogP contribution in [0.4, 0.5) is 0 Å². The van der Waals surface area contributed by atoms with Crippen LogP contribution < -0.4 is 5.14 Å². The van der Waals surface area contributed by atoms with Crippen molar-refractivity contribution < 1.29 is 0 Å². The third-order valence-corrected chi connectivity index (χ3v) is 4.76. The van der Waals surface area contributed by atoms with Gasteiger partial charge in [-0.1, -0.05) is 19.6 Å². The van der Waals surface area contributed by atoms with Crippen LogP contribution in [0.5, 0.6) is 0 Å². The van der Waals surface area contributed by atoms with Crippen molar-refractivity contribution >= 4 is 30.0 Å². The zero-order valence-electron chi connectivity index (χ0n) is 15.5. The first-order chi connectivity index (χ1) is 12.6.